The number of guanidine groups is 1. The van der Waals surface area contributed by atoms with E-state index in [0.29, 0.717) is 18.7 Å². The summed E-state index contributed by atoms with van der Waals surface area (Å²) in [5.74, 6) is 0.814. The molecule has 0 saturated carbocycles. The molecule has 0 spiro atoms. The number of amides is 1. The Kier molecular flexibility index (Phi) is 9.95. The monoisotopic (exact) mass is 568 g/mol. The average Bonchev–Trinajstić information content (AvgIpc) is 3.53. The number of rotatable bonds is 7. The van der Waals surface area contributed by atoms with E-state index < -0.39 is 0 Å². The van der Waals surface area contributed by atoms with Crippen LogP contribution in [0.15, 0.2) is 46.1 Å². The van der Waals surface area contributed by atoms with Crippen LogP contribution in [0.2, 0.25) is 0 Å². The fourth-order valence-electron chi connectivity index (χ4n) is 4.12. The lowest BCUT2D eigenvalue weighted by Gasteiger charge is -2.36. The van der Waals surface area contributed by atoms with Crippen LogP contribution in [-0.4, -0.2) is 79.3 Å². The first-order chi connectivity index (χ1) is 15.7. The van der Waals surface area contributed by atoms with Gasteiger partial charge >= 0.3 is 0 Å². The predicted octanol–water partition coefficient (Wildman–Crippen LogP) is 2.09. The first-order valence-corrected chi connectivity index (χ1v) is 11.3. The van der Waals surface area contributed by atoms with Crippen molar-refractivity contribution in [2.24, 2.45) is 4.99 Å². The van der Waals surface area contributed by atoms with Gasteiger partial charge in [0.15, 0.2) is 5.96 Å². The van der Waals surface area contributed by atoms with Gasteiger partial charge in [-0.2, -0.15) is 0 Å². The first-order valence-electron chi connectivity index (χ1n) is 11.3. The van der Waals surface area contributed by atoms with E-state index in [1.807, 2.05) is 30.3 Å². The summed E-state index contributed by atoms with van der Waals surface area (Å²) < 4.78 is 10.5. The third kappa shape index (κ3) is 7.41. The summed E-state index contributed by atoms with van der Waals surface area (Å²) in [4.78, 5) is 21.6. The van der Waals surface area contributed by atoms with Gasteiger partial charge in [-0.1, -0.05) is 17.3 Å². The lowest BCUT2D eigenvalue weighted by Crippen LogP contribution is -2.52. The Morgan fingerprint density at radius 2 is 2.06 bits per heavy atom. The summed E-state index contributed by atoms with van der Waals surface area (Å²) in [6.45, 7) is 6.43. The van der Waals surface area contributed by atoms with E-state index in [2.05, 4.69) is 30.6 Å². The molecule has 1 atom stereocenters. The highest BCUT2D eigenvalue weighted by molar-refractivity contribution is 14.0. The van der Waals surface area contributed by atoms with Crippen LogP contribution in [0.1, 0.15) is 34.5 Å². The van der Waals surface area contributed by atoms with Gasteiger partial charge in [0, 0.05) is 71.1 Å². The average molecular weight is 568 g/mol. The molecular formula is C23H33IN6O3. The number of halogens is 1. The van der Waals surface area contributed by atoms with Gasteiger partial charge in [-0.15, -0.1) is 24.0 Å². The second kappa shape index (κ2) is 12.9. The predicted molar refractivity (Wildman–Crippen MR) is 137 cm³/mol. The van der Waals surface area contributed by atoms with Gasteiger partial charge in [-0.3, -0.25) is 14.7 Å². The van der Waals surface area contributed by atoms with Crippen molar-refractivity contribution in [1.29, 1.82) is 0 Å². The molecule has 10 heteroatoms. The summed E-state index contributed by atoms with van der Waals surface area (Å²) in [6, 6.07) is 9.62. The molecule has 9 nitrogen and oxygen atoms in total. The van der Waals surface area contributed by atoms with Gasteiger partial charge in [0.25, 0.3) is 5.91 Å². The fourth-order valence-corrected chi connectivity index (χ4v) is 4.12. The number of carbonyl (C=O) groups excluding carboxylic acids is 1. The van der Waals surface area contributed by atoms with Gasteiger partial charge in [-0.05, 0) is 30.5 Å². The number of aliphatic imine (C=N–C) groups is 1. The number of aromatic nitrogens is 1. The Bertz CT molecular complexity index is 893. The van der Waals surface area contributed by atoms with E-state index in [1.165, 1.54) is 0 Å². The number of piperazine rings is 1. The van der Waals surface area contributed by atoms with Crippen LogP contribution < -0.4 is 10.6 Å². The number of benzene rings is 1. The van der Waals surface area contributed by atoms with Crippen molar-refractivity contribution in [1.82, 2.24) is 25.6 Å². The van der Waals surface area contributed by atoms with E-state index in [0.717, 1.165) is 69.4 Å². The summed E-state index contributed by atoms with van der Waals surface area (Å²) in [6.07, 6.45) is 3.83. The first kappa shape index (κ1) is 25.4. The molecule has 1 aromatic carbocycles. The Morgan fingerprint density at radius 1 is 1.21 bits per heavy atom. The highest BCUT2D eigenvalue weighted by atomic mass is 127. The lowest BCUT2D eigenvalue weighted by atomic mass is 10.1. The number of nitrogens with one attached hydrogen (secondary N) is 2. The topological polar surface area (TPSA) is 95.2 Å². The summed E-state index contributed by atoms with van der Waals surface area (Å²) in [5, 5.41) is 10.4. The minimum atomic E-state index is -0.0602. The van der Waals surface area contributed by atoms with Gasteiger partial charge in [0.2, 0.25) is 0 Å². The summed E-state index contributed by atoms with van der Waals surface area (Å²) in [7, 11) is 1.80. The molecule has 3 heterocycles. The molecule has 2 aromatic rings. The second-order valence-corrected chi connectivity index (χ2v) is 8.20. The van der Waals surface area contributed by atoms with Gasteiger partial charge < -0.3 is 24.8 Å². The molecule has 1 amide bonds. The number of hydrogen-bond acceptors (Lipinski definition) is 6. The minimum absolute atomic E-state index is 0. The Hall–Kier alpha value is -2.18. The molecule has 180 valence electrons. The van der Waals surface area contributed by atoms with Crippen LogP contribution in [0, 0.1) is 0 Å². The van der Waals surface area contributed by atoms with E-state index in [1.54, 1.807) is 13.3 Å². The Balaban J connectivity index is 0.00000306. The fraction of sp³-hybridized carbons (Fsp3) is 0.522. The number of hydrogen-bond donors (Lipinski definition) is 2. The van der Waals surface area contributed by atoms with Crippen LogP contribution in [0.3, 0.4) is 0 Å². The van der Waals surface area contributed by atoms with Crippen molar-refractivity contribution >= 4 is 35.8 Å². The number of carbonyl (C=O) groups is 1. The van der Waals surface area contributed by atoms with Crippen molar-refractivity contribution in [2.75, 3.05) is 46.4 Å². The molecule has 2 N–H and O–H groups in total. The van der Waals surface area contributed by atoms with Crippen molar-refractivity contribution < 1.29 is 14.1 Å². The van der Waals surface area contributed by atoms with E-state index >= 15 is 0 Å². The SMILES string of the molecule is CN=C(NCc1cccc(C(=O)NCC2CCCO2)c1)N1CCN(Cc2ccon2)CC1.I. The smallest absolute Gasteiger partial charge is 0.251 e. The zero-order chi connectivity index (χ0) is 22.2. The molecule has 2 aliphatic heterocycles. The second-order valence-electron chi connectivity index (χ2n) is 8.20. The summed E-state index contributed by atoms with van der Waals surface area (Å²) in [5.41, 5.74) is 2.67. The highest BCUT2D eigenvalue weighted by Gasteiger charge is 2.20. The van der Waals surface area contributed by atoms with Crippen LogP contribution in [0.25, 0.3) is 0 Å². The molecule has 4 rings (SSSR count). The lowest BCUT2D eigenvalue weighted by molar-refractivity contribution is 0.0857. The van der Waals surface area contributed by atoms with Crippen LogP contribution in [0.4, 0.5) is 0 Å². The third-order valence-electron chi connectivity index (χ3n) is 5.91. The van der Waals surface area contributed by atoms with Crippen molar-refractivity contribution in [2.45, 2.75) is 32.0 Å². The van der Waals surface area contributed by atoms with Crippen LogP contribution in [0.5, 0.6) is 0 Å². The van der Waals surface area contributed by atoms with Crippen LogP contribution >= 0.6 is 24.0 Å². The Labute approximate surface area is 211 Å². The minimum Gasteiger partial charge on any atom is -0.376 e. The van der Waals surface area contributed by atoms with Gasteiger partial charge in [-0.25, -0.2) is 0 Å². The summed E-state index contributed by atoms with van der Waals surface area (Å²) >= 11 is 0. The molecule has 2 saturated heterocycles. The maximum absolute atomic E-state index is 12.5. The molecule has 1 unspecified atom stereocenters. The zero-order valence-corrected chi connectivity index (χ0v) is 21.4. The van der Waals surface area contributed by atoms with E-state index in [9.17, 15) is 4.79 Å². The molecule has 0 aliphatic carbocycles. The van der Waals surface area contributed by atoms with E-state index in [-0.39, 0.29) is 36.0 Å². The number of nitrogens with zero attached hydrogens (tertiary/aromatic N) is 4. The standard InChI is InChI=1S/C23H32N6O3.HI/c1-24-23(29-10-8-28(9-11-29)17-20-7-13-32-27-20)26-15-18-4-2-5-19(14-18)22(30)25-16-21-6-3-12-31-21;/h2,4-5,7,13-14,21H,3,6,8-12,15-17H2,1H3,(H,24,26)(H,25,30);1H. The van der Waals surface area contributed by atoms with Crippen LogP contribution in [-0.2, 0) is 17.8 Å². The highest BCUT2D eigenvalue weighted by Crippen LogP contribution is 2.12. The van der Waals surface area contributed by atoms with Crippen molar-refractivity contribution in [3.8, 4) is 0 Å². The van der Waals surface area contributed by atoms with Crippen molar-refractivity contribution in [3.05, 3.63) is 53.4 Å². The normalized spacial score (nSPS) is 19.2. The maximum Gasteiger partial charge on any atom is 0.251 e. The zero-order valence-electron chi connectivity index (χ0n) is 19.0. The molecular weight excluding hydrogens is 535 g/mol. The maximum atomic E-state index is 12.5. The molecule has 0 bridgehead atoms. The number of ether oxygens (including phenoxy) is 1. The molecule has 33 heavy (non-hydrogen) atoms. The third-order valence-corrected chi connectivity index (χ3v) is 5.91. The molecule has 1 aromatic heterocycles. The van der Waals surface area contributed by atoms with Gasteiger partial charge in [0.05, 0.1) is 11.8 Å². The molecule has 0 radical (unpaired) electrons. The van der Waals surface area contributed by atoms with Gasteiger partial charge in [0.1, 0.15) is 6.26 Å². The molecule has 2 aliphatic rings. The molecule has 2 fully saturated rings. The van der Waals surface area contributed by atoms with E-state index in [4.69, 9.17) is 9.26 Å². The largest absolute Gasteiger partial charge is 0.376 e. The Morgan fingerprint density at radius 3 is 2.76 bits per heavy atom. The van der Waals surface area contributed by atoms with Crippen molar-refractivity contribution in [3.63, 3.8) is 0 Å². The quantitative estimate of drug-likeness (QED) is 0.300.